The summed E-state index contributed by atoms with van der Waals surface area (Å²) < 4.78 is 26.0. The van der Waals surface area contributed by atoms with Gasteiger partial charge in [0.05, 0.1) is 6.20 Å². The molecule has 0 spiro atoms. The van der Waals surface area contributed by atoms with Crippen LogP contribution in [-0.4, -0.2) is 15.5 Å². The number of hydrogen-bond donors (Lipinski definition) is 1. The first-order valence-corrected chi connectivity index (χ1v) is 6.28. The second kappa shape index (κ2) is 5.86. The molecule has 2 aromatic rings. The second-order valence-corrected chi connectivity index (χ2v) is 4.84. The normalized spacial score (nSPS) is 10.9. The molecule has 18 heavy (non-hydrogen) atoms. The van der Waals surface area contributed by atoms with Crippen molar-refractivity contribution < 1.29 is 8.78 Å². The molecule has 1 aromatic carbocycles. The largest absolute Gasteiger partial charge is 0.381 e. The van der Waals surface area contributed by atoms with E-state index in [1.54, 1.807) is 35.1 Å². The summed E-state index contributed by atoms with van der Waals surface area (Å²) in [7, 11) is 1.86. The quantitative estimate of drug-likeness (QED) is 0.844. The standard InChI is InChI=1S/C12H13F2N3S/c1-17-8-9(7-16-17)6-15-10-2-4-11(5-3-10)18-12(13)14/h2-5,7-8,12,15H,6H2,1H3. The van der Waals surface area contributed by atoms with Crippen molar-refractivity contribution in [2.45, 2.75) is 17.2 Å². The SMILES string of the molecule is Cn1cc(CNc2ccc(SC(F)F)cc2)cn1. The maximum absolute atomic E-state index is 12.1. The first-order chi connectivity index (χ1) is 8.63. The smallest absolute Gasteiger partial charge is 0.288 e. The van der Waals surface area contributed by atoms with E-state index in [-0.39, 0.29) is 0 Å². The van der Waals surface area contributed by atoms with E-state index in [0.717, 1.165) is 11.3 Å². The van der Waals surface area contributed by atoms with Crippen molar-refractivity contribution in [3.63, 3.8) is 0 Å². The lowest BCUT2D eigenvalue weighted by Crippen LogP contribution is -1.98. The molecule has 96 valence electrons. The summed E-state index contributed by atoms with van der Waals surface area (Å²) in [6, 6.07) is 6.95. The molecule has 0 unspecified atom stereocenters. The number of nitrogens with one attached hydrogen (secondary N) is 1. The molecule has 0 saturated carbocycles. The minimum atomic E-state index is -2.38. The number of hydrogen-bond acceptors (Lipinski definition) is 3. The van der Waals surface area contributed by atoms with E-state index in [2.05, 4.69) is 10.4 Å². The molecule has 0 atom stereocenters. The molecule has 0 aliphatic rings. The number of anilines is 1. The third-order valence-corrected chi connectivity index (χ3v) is 3.06. The Morgan fingerprint density at radius 2 is 2.06 bits per heavy atom. The van der Waals surface area contributed by atoms with Gasteiger partial charge >= 0.3 is 0 Å². The lowest BCUT2D eigenvalue weighted by Gasteiger charge is -2.06. The summed E-state index contributed by atoms with van der Waals surface area (Å²) in [5.74, 6) is -2.38. The van der Waals surface area contributed by atoms with Gasteiger partial charge in [-0.3, -0.25) is 4.68 Å². The number of aromatic nitrogens is 2. The molecule has 0 bridgehead atoms. The molecule has 0 aliphatic carbocycles. The summed E-state index contributed by atoms with van der Waals surface area (Å²) in [5.41, 5.74) is 1.97. The van der Waals surface area contributed by atoms with Crippen LogP contribution < -0.4 is 5.32 Å². The molecule has 2 rings (SSSR count). The van der Waals surface area contributed by atoms with Gasteiger partial charge in [0, 0.05) is 35.9 Å². The van der Waals surface area contributed by atoms with E-state index < -0.39 is 5.76 Å². The molecule has 1 aromatic heterocycles. The Morgan fingerprint density at radius 3 is 2.61 bits per heavy atom. The highest BCUT2D eigenvalue weighted by Gasteiger charge is 2.04. The first kappa shape index (κ1) is 12.9. The van der Waals surface area contributed by atoms with E-state index >= 15 is 0 Å². The predicted molar refractivity (Wildman–Crippen MR) is 68.8 cm³/mol. The topological polar surface area (TPSA) is 29.9 Å². The van der Waals surface area contributed by atoms with Gasteiger partial charge in [0.2, 0.25) is 0 Å². The predicted octanol–water partition coefficient (Wildman–Crippen LogP) is 3.35. The van der Waals surface area contributed by atoms with E-state index in [1.807, 2.05) is 13.2 Å². The minimum absolute atomic E-state index is 0.550. The van der Waals surface area contributed by atoms with Crippen LogP contribution in [0.3, 0.4) is 0 Å². The number of nitrogens with zero attached hydrogens (tertiary/aromatic N) is 2. The lowest BCUT2D eigenvalue weighted by molar-refractivity contribution is 0.252. The zero-order valence-corrected chi connectivity index (χ0v) is 10.6. The van der Waals surface area contributed by atoms with Gasteiger partial charge in [-0.2, -0.15) is 13.9 Å². The van der Waals surface area contributed by atoms with E-state index in [9.17, 15) is 8.78 Å². The number of aryl methyl sites for hydroxylation is 1. The van der Waals surface area contributed by atoms with Gasteiger partial charge in [0.1, 0.15) is 0 Å². The average Bonchev–Trinajstić information content (AvgIpc) is 2.74. The summed E-state index contributed by atoms with van der Waals surface area (Å²) >= 11 is 0.550. The van der Waals surface area contributed by atoms with Gasteiger partial charge in [0.25, 0.3) is 5.76 Å². The average molecular weight is 269 g/mol. The maximum atomic E-state index is 12.1. The van der Waals surface area contributed by atoms with Crippen LogP contribution in [0.1, 0.15) is 5.56 Å². The Bertz CT molecular complexity index is 496. The number of rotatable bonds is 5. The van der Waals surface area contributed by atoms with Crippen LogP contribution in [-0.2, 0) is 13.6 Å². The van der Waals surface area contributed by atoms with Crippen LogP contribution in [0.5, 0.6) is 0 Å². The van der Waals surface area contributed by atoms with Crippen LogP contribution in [0.2, 0.25) is 0 Å². The van der Waals surface area contributed by atoms with Gasteiger partial charge in [0.15, 0.2) is 0 Å². The summed E-state index contributed by atoms with van der Waals surface area (Å²) in [4.78, 5) is 0.567. The van der Waals surface area contributed by atoms with Crippen LogP contribution in [0, 0.1) is 0 Å². The first-order valence-electron chi connectivity index (χ1n) is 5.40. The highest BCUT2D eigenvalue weighted by Crippen LogP contribution is 2.26. The van der Waals surface area contributed by atoms with Crippen LogP contribution in [0.25, 0.3) is 0 Å². The molecule has 0 amide bonds. The Labute approximate surface area is 108 Å². The summed E-state index contributed by atoms with van der Waals surface area (Å²) in [6.07, 6.45) is 3.71. The van der Waals surface area contributed by atoms with Crippen molar-refractivity contribution in [1.29, 1.82) is 0 Å². The molecule has 3 nitrogen and oxygen atoms in total. The van der Waals surface area contributed by atoms with Crippen LogP contribution in [0.4, 0.5) is 14.5 Å². The third kappa shape index (κ3) is 3.73. The molecular weight excluding hydrogens is 256 g/mol. The Balaban J connectivity index is 1.90. The molecular formula is C12H13F2N3S. The van der Waals surface area contributed by atoms with Crippen molar-refractivity contribution in [1.82, 2.24) is 9.78 Å². The lowest BCUT2D eigenvalue weighted by atomic mass is 10.3. The molecule has 0 radical (unpaired) electrons. The maximum Gasteiger partial charge on any atom is 0.288 e. The minimum Gasteiger partial charge on any atom is -0.381 e. The Hall–Kier alpha value is -1.56. The fourth-order valence-electron chi connectivity index (χ4n) is 1.52. The second-order valence-electron chi connectivity index (χ2n) is 3.78. The van der Waals surface area contributed by atoms with Crippen LogP contribution >= 0.6 is 11.8 Å². The fraction of sp³-hybridized carbons (Fsp3) is 0.250. The number of halogens is 2. The van der Waals surface area contributed by atoms with E-state index in [4.69, 9.17) is 0 Å². The zero-order valence-electron chi connectivity index (χ0n) is 9.81. The molecule has 0 aliphatic heterocycles. The van der Waals surface area contributed by atoms with Crippen molar-refractivity contribution >= 4 is 17.4 Å². The van der Waals surface area contributed by atoms with Crippen molar-refractivity contribution in [2.75, 3.05) is 5.32 Å². The molecule has 0 fully saturated rings. The van der Waals surface area contributed by atoms with Crippen LogP contribution in [0.15, 0.2) is 41.6 Å². The van der Waals surface area contributed by atoms with E-state index in [1.165, 1.54) is 0 Å². The highest BCUT2D eigenvalue weighted by molar-refractivity contribution is 7.99. The van der Waals surface area contributed by atoms with Gasteiger partial charge in [-0.15, -0.1) is 0 Å². The molecule has 0 saturated heterocycles. The van der Waals surface area contributed by atoms with E-state index in [0.29, 0.717) is 23.2 Å². The molecule has 1 heterocycles. The van der Waals surface area contributed by atoms with Crippen molar-refractivity contribution in [3.05, 3.63) is 42.2 Å². The molecule has 1 N–H and O–H groups in total. The molecule has 6 heteroatoms. The highest BCUT2D eigenvalue weighted by atomic mass is 32.2. The number of thioether (sulfide) groups is 1. The van der Waals surface area contributed by atoms with Gasteiger partial charge in [-0.25, -0.2) is 0 Å². The Morgan fingerprint density at radius 1 is 1.33 bits per heavy atom. The summed E-state index contributed by atoms with van der Waals surface area (Å²) in [6.45, 7) is 0.662. The van der Waals surface area contributed by atoms with Gasteiger partial charge < -0.3 is 5.32 Å². The van der Waals surface area contributed by atoms with Gasteiger partial charge in [-0.1, -0.05) is 11.8 Å². The fourth-order valence-corrected chi connectivity index (χ4v) is 2.02. The zero-order chi connectivity index (χ0) is 13.0. The summed E-state index contributed by atoms with van der Waals surface area (Å²) in [5, 5.41) is 7.27. The monoisotopic (exact) mass is 269 g/mol. The van der Waals surface area contributed by atoms with Gasteiger partial charge in [-0.05, 0) is 24.3 Å². The number of alkyl halides is 2. The van der Waals surface area contributed by atoms with Crippen molar-refractivity contribution in [2.24, 2.45) is 7.05 Å². The third-order valence-electron chi connectivity index (χ3n) is 2.33. The number of benzene rings is 1. The Kier molecular flexibility index (Phi) is 4.19. The van der Waals surface area contributed by atoms with Crippen molar-refractivity contribution in [3.8, 4) is 0 Å².